The predicted molar refractivity (Wildman–Crippen MR) is 116 cm³/mol. The van der Waals surface area contributed by atoms with Crippen molar-refractivity contribution in [2.75, 3.05) is 24.5 Å². The summed E-state index contributed by atoms with van der Waals surface area (Å²) < 4.78 is 7.26. The van der Waals surface area contributed by atoms with Crippen LogP contribution in [0.5, 0.6) is 0 Å². The van der Waals surface area contributed by atoms with Gasteiger partial charge in [0.1, 0.15) is 5.60 Å². The molecule has 9 nitrogen and oxygen atoms in total. The number of urea groups is 1. The number of aromatic nitrogens is 2. The van der Waals surface area contributed by atoms with Crippen LogP contribution in [0.25, 0.3) is 10.9 Å². The summed E-state index contributed by atoms with van der Waals surface area (Å²) in [6.07, 6.45) is 1.74. The van der Waals surface area contributed by atoms with Gasteiger partial charge in [-0.2, -0.15) is 5.10 Å². The van der Waals surface area contributed by atoms with Gasteiger partial charge in [-0.3, -0.25) is 19.7 Å². The number of hydrogen-bond donors (Lipinski definition) is 1. The number of hydrogen-bond acceptors (Lipinski definition) is 5. The summed E-state index contributed by atoms with van der Waals surface area (Å²) in [5.41, 5.74) is 1.64. The van der Waals surface area contributed by atoms with Gasteiger partial charge in [-0.1, -0.05) is 6.07 Å². The van der Waals surface area contributed by atoms with Gasteiger partial charge in [-0.15, -0.1) is 0 Å². The Hall–Kier alpha value is -2.44. The van der Waals surface area contributed by atoms with Crippen LogP contribution in [0.4, 0.5) is 15.4 Å². The molecule has 1 aromatic carbocycles. The fourth-order valence-corrected chi connectivity index (χ4v) is 4.20. The van der Waals surface area contributed by atoms with Crippen LogP contribution in [-0.2, 0) is 37.0 Å². The Kier molecular flexibility index (Phi) is 6.96. The van der Waals surface area contributed by atoms with Crippen molar-refractivity contribution in [1.29, 1.82) is 0 Å². The van der Waals surface area contributed by atoms with E-state index in [0.29, 0.717) is 31.4 Å². The largest absolute Gasteiger partial charge is 0.444 e. The van der Waals surface area contributed by atoms with E-state index in [1.807, 2.05) is 33.9 Å². The minimum absolute atomic E-state index is 0. The summed E-state index contributed by atoms with van der Waals surface area (Å²) >= 11 is 0. The molecule has 2 aliphatic rings. The third-order valence-electron chi connectivity index (χ3n) is 5.78. The van der Waals surface area contributed by atoms with Gasteiger partial charge in [0.05, 0.1) is 5.52 Å². The summed E-state index contributed by atoms with van der Waals surface area (Å²) in [5.74, 6) is 0.646. The molecule has 2 aromatic rings. The van der Waals surface area contributed by atoms with Crippen molar-refractivity contribution in [2.45, 2.75) is 51.6 Å². The van der Waals surface area contributed by atoms with Crippen molar-refractivity contribution in [3.05, 3.63) is 23.8 Å². The van der Waals surface area contributed by atoms with Crippen molar-refractivity contribution in [3.8, 4) is 0 Å². The van der Waals surface area contributed by atoms with E-state index in [1.165, 1.54) is 10.5 Å². The number of anilines is 1. The van der Waals surface area contributed by atoms with E-state index in [-0.39, 0.29) is 38.8 Å². The molecule has 10 heteroatoms. The standard InChI is InChI=1S/C22H29N5O4.Pd/c1-22(2,3)31-21(30)26-10-7-14(8-11-26)15-5-6-16-17(13-15)25(4)24-19(16)27-12-9-18(28)23-20(27)29;/h5-6,13-14H,7-12H2,1-4H3,(H,23,28,29);. The van der Waals surface area contributed by atoms with Gasteiger partial charge in [-0.05, 0) is 57.2 Å². The molecular formula is C22H29N5O4Pd. The van der Waals surface area contributed by atoms with E-state index in [1.54, 1.807) is 9.58 Å². The molecule has 0 saturated carbocycles. The maximum atomic E-state index is 12.3. The molecule has 0 aliphatic carbocycles. The maximum absolute atomic E-state index is 12.3. The first-order valence-electron chi connectivity index (χ1n) is 10.7. The Balaban J connectivity index is 0.00000289. The molecule has 4 rings (SSSR count). The number of fused-ring (bicyclic) bond motifs is 1. The van der Waals surface area contributed by atoms with Crippen LogP contribution in [-0.4, -0.2) is 57.9 Å². The number of ether oxygens (including phenoxy) is 1. The smallest absolute Gasteiger partial charge is 0.410 e. The molecule has 1 N–H and O–H groups in total. The van der Waals surface area contributed by atoms with Crippen molar-refractivity contribution in [1.82, 2.24) is 20.0 Å². The van der Waals surface area contributed by atoms with Crippen LogP contribution in [0, 0.1) is 0 Å². The van der Waals surface area contributed by atoms with Crippen LogP contribution in [0.3, 0.4) is 0 Å². The average Bonchev–Trinajstić information content (AvgIpc) is 3.03. The van der Waals surface area contributed by atoms with E-state index in [4.69, 9.17) is 4.74 Å². The zero-order valence-corrected chi connectivity index (χ0v) is 20.3. The Morgan fingerprint density at radius 1 is 1.16 bits per heavy atom. The van der Waals surface area contributed by atoms with Crippen molar-refractivity contribution in [3.63, 3.8) is 0 Å². The number of likely N-dealkylation sites (tertiary alicyclic amines) is 1. The first kappa shape index (κ1) is 24.2. The number of amides is 4. The molecule has 0 spiro atoms. The molecule has 0 atom stereocenters. The fraction of sp³-hybridized carbons (Fsp3) is 0.545. The maximum Gasteiger partial charge on any atom is 0.410 e. The van der Waals surface area contributed by atoms with Crippen LogP contribution in [0.1, 0.15) is 51.5 Å². The van der Waals surface area contributed by atoms with Gasteiger partial charge >= 0.3 is 12.1 Å². The van der Waals surface area contributed by atoms with Crippen molar-refractivity contribution in [2.24, 2.45) is 7.05 Å². The quantitative estimate of drug-likeness (QED) is 0.598. The van der Waals surface area contributed by atoms with Gasteiger partial charge in [-0.25, -0.2) is 9.59 Å². The molecule has 0 unspecified atom stereocenters. The summed E-state index contributed by atoms with van der Waals surface area (Å²) in [4.78, 5) is 39.3. The second-order valence-electron chi connectivity index (χ2n) is 9.22. The first-order valence-corrected chi connectivity index (χ1v) is 10.7. The molecular weight excluding hydrogens is 505 g/mol. The summed E-state index contributed by atoms with van der Waals surface area (Å²) in [6, 6.07) is 5.76. The normalized spacial score (nSPS) is 17.9. The van der Waals surface area contributed by atoms with E-state index < -0.39 is 11.6 Å². The molecule has 1 aromatic heterocycles. The Labute approximate surface area is 201 Å². The van der Waals surface area contributed by atoms with Crippen LogP contribution < -0.4 is 10.2 Å². The van der Waals surface area contributed by atoms with Crippen molar-refractivity contribution < 1.29 is 39.5 Å². The summed E-state index contributed by atoms with van der Waals surface area (Å²) in [5, 5.41) is 7.77. The second-order valence-corrected chi connectivity index (χ2v) is 9.22. The summed E-state index contributed by atoms with van der Waals surface area (Å²) in [7, 11) is 1.85. The molecule has 4 amide bonds. The third-order valence-corrected chi connectivity index (χ3v) is 5.78. The number of nitrogens with one attached hydrogen (secondary N) is 1. The molecule has 2 fully saturated rings. The minimum Gasteiger partial charge on any atom is -0.444 e. The molecule has 3 heterocycles. The van der Waals surface area contributed by atoms with E-state index in [0.717, 1.165) is 23.7 Å². The molecule has 0 bridgehead atoms. The second kappa shape index (κ2) is 9.20. The van der Waals surface area contributed by atoms with Gasteiger partial charge in [0.15, 0.2) is 5.82 Å². The van der Waals surface area contributed by atoms with Crippen molar-refractivity contribution >= 4 is 34.8 Å². The first-order chi connectivity index (χ1) is 14.6. The molecule has 32 heavy (non-hydrogen) atoms. The molecule has 176 valence electrons. The number of carbonyl (C=O) groups excluding carboxylic acids is 3. The van der Waals surface area contributed by atoms with E-state index >= 15 is 0 Å². The van der Waals surface area contributed by atoms with Gasteiger partial charge in [0.25, 0.3) is 0 Å². The van der Waals surface area contributed by atoms with Gasteiger partial charge < -0.3 is 9.64 Å². The van der Waals surface area contributed by atoms with Gasteiger partial charge in [0.2, 0.25) is 5.91 Å². The fourth-order valence-electron chi connectivity index (χ4n) is 4.20. The average molecular weight is 534 g/mol. The zero-order valence-electron chi connectivity index (χ0n) is 18.8. The summed E-state index contributed by atoms with van der Waals surface area (Å²) in [6.45, 7) is 7.27. The predicted octanol–water partition coefficient (Wildman–Crippen LogP) is 3.13. The topological polar surface area (TPSA) is 96.8 Å². The van der Waals surface area contributed by atoms with Crippen LogP contribution in [0.2, 0.25) is 0 Å². The Morgan fingerprint density at radius 2 is 1.84 bits per heavy atom. The Bertz CT molecular complexity index is 1040. The number of imide groups is 1. The van der Waals surface area contributed by atoms with Crippen LogP contribution in [0.15, 0.2) is 18.2 Å². The van der Waals surface area contributed by atoms with E-state index in [9.17, 15) is 14.4 Å². The number of aryl methyl sites for hydroxylation is 1. The zero-order chi connectivity index (χ0) is 22.3. The number of benzene rings is 1. The SMILES string of the molecule is Cn1nc(N2CCC(=O)NC2=O)c2ccc(C3CCN(C(=O)OC(C)(C)C)CC3)cc21.[Pd]. The van der Waals surface area contributed by atoms with Crippen LogP contribution >= 0.6 is 0 Å². The minimum atomic E-state index is -0.491. The third kappa shape index (κ3) is 4.97. The number of rotatable bonds is 2. The molecule has 2 aliphatic heterocycles. The van der Waals surface area contributed by atoms with E-state index in [2.05, 4.69) is 22.5 Å². The molecule has 2 saturated heterocycles. The molecule has 0 radical (unpaired) electrons. The monoisotopic (exact) mass is 533 g/mol. The number of nitrogens with zero attached hydrogens (tertiary/aromatic N) is 4. The number of carbonyl (C=O) groups is 3. The number of piperidine rings is 1. The van der Waals surface area contributed by atoms with Gasteiger partial charge in [0, 0.05) is 58.9 Å². The Morgan fingerprint density at radius 3 is 2.47 bits per heavy atom.